The van der Waals surface area contributed by atoms with Gasteiger partial charge in [0.2, 0.25) is 0 Å². The number of pyridine rings is 1. The number of urea groups is 1. The summed E-state index contributed by atoms with van der Waals surface area (Å²) in [6.45, 7) is 4.36. The highest BCUT2D eigenvalue weighted by atomic mass is 79.9. The maximum atomic E-state index is 12.3. The summed E-state index contributed by atoms with van der Waals surface area (Å²) >= 11 is 3.47. The number of benzene rings is 2. The molecule has 1 atom stereocenters. The molecule has 2 aromatic carbocycles. The fourth-order valence-electron chi connectivity index (χ4n) is 2.68. The lowest BCUT2D eigenvalue weighted by Crippen LogP contribution is -2.31. The molecule has 3 aromatic rings. The van der Waals surface area contributed by atoms with Gasteiger partial charge in [-0.15, -0.1) is 0 Å². The van der Waals surface area contributed by atoms with Crippen LogP contribution in [0.2, 0.25) is 0 Å². The topological polar surface area (TPSA) is 63.2 Å². The molecule has 0 saturated carbocycles. The third-order valence-corrected chi connectivity index (χ3v) is 5.23. The van der Waals surface area contributed by atoms with Crippen LogP contribution in [0.1, 0.15) is 29.7 Å². The second kappa shape index (κ2) is 9.37. The van der Waals surface area contributed by atoms with Crippen molar-refractivity contribution in [1.29, 1.82) is 0 Å². The minimum absolute atomic E-state index is 0.139. The van der Waals surface area contributed by atoms with Crippen LogP contribution in [-0.2, 0) is 6.61 Å². The van der Waals surface area contributed by atoms with E-state index in [1.54, 1.807) is 12.4 Å². The van der Waals surface area contributed by atoms with Crippen molar-refractivity contribution in [2.45, 2.75) is 26.5 Å². The van der Waals surface area contributed by atoms with Crippen molar-refractivity contribution in [2.24, 2.45) is 0 Å². The lowest BCUT2D eigenvalue weighted by atomic mass is 10.1. The summed E-state index contributed by atoms with van der Waals surface area (Å²) in [6, 6.07) is 16.9. The van der Waals surface area contributed by atoms with E-state index in [1.165, 1.54) is 0 Å². The van der Waals surface area contributed by atoms with Gasteiger partial charge in [-0.25, -0.2) is 4.79 Å². The van der Waals surface area contributed by atoms with Crippen LogP contribution in [0.5, 0.6) is 5.75 Å². The molecular weight excluding hydrogens is 418 g/mol. The molecule has 1 unspecified atom stereocenters. The maximum Gasteiger partial charge on any atom is 0.319 e. The summed E-state index contributed by atoms with van der Waals surface area (Å²) in [6.07, 6.45) is 3.52. The molecule has 0 spiro atoms. The fourth-order valence-corrected chi connectivity index (χ4v) is 3.05. The maximum absolute atomic E-state index is 12.3. The highest BCUT2D eigenvalue weighted by Gasteiger charge is 2.11. The molecule has 28 heavy (non-hydrogen) atoms. The van der Waals surface area contributed by atoms with E-state index < -0.39 is 0 Å². The molecular formula is C22H22BrN3O2. The number of aromatic nitrogens is 1. The summed E-state index contributed by atoms with van der Waals surface area (Å²) in [4.78, 5) is 16.4. The summed E-state index contributed by atoms with van der Waals surface area (Å²) in [5.74, 6) is 0.772. The van der Waals surface area contributed by atoms with Gasteiger partial charge in [-0.05, 0) is 55.3 Å². The van der Waals surface area contributed by atoms with E-state index in [4.69, 9.17) is 4.74 Å². The Kier molecular flexibility index (Phi) is 6.66. The number of carbonyl (C=O) groups is 1. The molecule has 0 saturated heterocycles. The summed E-state index contributed by atoms with van der Waals surface area (Å²) < 4.78 is 6.73. The van der Waals surface area contributed by atoms with Crippen molar-refractivity contribution in [3.8, 4) is 5.75 Å². The second-order valence-electron chi connectivity index (χ2n) is 6.45. The zero-order valence-corrected chi connectivity index (χ0v) is 17.4. The van der Waals surface area contributed by atoms with E-state index in [1.807, 2.05) is 68.4 Å². The van der Waals surface area contributed by atoms with Crippen LogP contribution < -0.4 is 15.4 Å². The monoisotopic (exact) mass is 439 g/mol. The molecule has 6 heteroatoms. The zero-order chi connectivity index (χ0) is 19.9. The van der Waals surface area contributed by atoms with Crippen molar-refractivity contribution >= 4 is 27.6 Å². The summed E-state index contributed by atoms with van der Waals surface area (Å²) in [5, 5.41) is 5.85. The number of hydrogen-bond acceptors (Lipinski definition) is 3. The molecule has 0 aliphatic carbocycles. The average molecular weight is 440 g/mol. The van der Waals surface area contributed by atoms with E-state index >= 15 is 0 Å². The van der Waals surface area contributed by atoms with Crippen molar-refractivity contribution < 1.29 is 9.53 Å². The lowest BCUT2D eigenvalue weighted by molar-refractivity contribution is 0.249. The number of amides is 2. The van der Waals surface area contributed by atoms with Gasteiger partial charge in [0.05, 0.1) is 6.04 Å². The number of ether oxygens (including phenoxy) is 1. The molecule has 5 nitrogen and oxygen atoms in total. The molecule has 1 aromatic heterocycles. The smallest absolute Gasteiger partial charge is 0.319 e. The van der Waals surface area contributed by atoms with E-state index in [0.29, 0.717) is 6.61 Å². The molecule has 0 fully saturated rings. The molecule has 0 bridgehead atoms. The predicted molar refractivity (Wildman–Crippen MR) is 114 cm³/mol. The van der Waals surface area contributed by atoms with E-state index in [9.17, 15) is 4.79 Å². The quantitative estimate of drug-likeness (QED) is 0.524. The Morgan fingerprint density at radius 2 is 1.93 bits per heavy atom. The number of hydrogen-bond donors (Lipinski definition) is 2. The van der Waals surface area contributed by atoms with Crippen LogP contribution in [0.3, 0.4) is 0 Å². The Balaban J connectivity index is 1.54. The van der Waals surface area contributed by atoms with Crippen molar-refractivity contribution in [3.63, 3.8) is 0 Å². The first-order valence-corrected chi connectivity index (χ1v) is 9.76. The van der Waals surface area contributed by atoms with Crippen LogP contribution in [0, 0.1) is 6.92 Å². The summed E-state index contributed by atoms with van der Waals surface area (Å²) in [7, 11) is 0. The van der Waals surface area contributed by atoms with Crippen LogP contribution in [-0.4, -0.2) is 11.0 Å². The zero-order valence-electron chi connectivity index (χ0n) is 15.8. The van der Waals surface area contributed by atoms with E-state index in [0.717, 1.165) is 32.6 Å². The molecule has 144 valence electrons. The van der Waals surface area contributed by atoms with Gasteiger partial charge in [0.25, 0.3) is 0 Å². The Bertz CT molecular complexity index is 930. The molecule has 0 aliphatic heterocycles. The van der Waals surface area contributed by atoms with Crippen LogP contribution in [0.25, 0.3) is 0 Å². The van der Waals surface area contributed by atoms with Crippen LogP contribution in [0.15, 0.2) is 71.5 Å². The fraction of sp³-hybridized carbons (Fsp3) is 0.182. The number of carbonyl (C=O) groups excluding carboxylic acids is 1. The normalized spacial score (nSPS) is 11.5. The highest BCUT2D eigenvalue weighted by Crippen LogP contribution is 2.24. The molecule has 2 amide bonds. The van der Waals surface area contributed by atoms with Crippen molar-refractivity contribution in [2.75, 3.05) is 5.32 Å². The minimum atomic E-state index is -0.245. The standard InChI is InChI=1S/C22H22BrN3O2/c1-15-20(23)6-3-7-21(15)26-22(27)25-16(2)18-8-10-19(11-9-18)28-14-17-5-4-12-24-13-17/h3-13,16H,14H2,1-2H3,(H2,25,26,27). The summed E-state index contributed by atoms with van der Waals surface area (Å²) in [5.41, 5.74) is 3.77. The second-order valence-corrected chi connectivity index (χ2v) is 7.31. The van der Waals surface area contributed by atoms with Gasteiger partial charge in [0.15, 0.2) is 0 Å². The van der Waals surface area contributed by atoms with Gasteiger partial charge in [0, 0.05) is 28.1 Å². The first kappa shape index (κ1) is 19.9. The number of anilines is 1. The first-order valence-electron chi connectivity index (χ1n) is 8.97. The molecule has 3 rings (SSSR count). The molecule has 0 radical (unpaired) electrons. The van der Waals surface area contributed by atoms with E-state index in [-0.39, 0.29) is 12.1 Å². The average Bonchev–Trinajstić information content (AvgIpc) is 2.71. The SMILES string of the molecule is Cc1c(Br)cccc1NC(=O)NC(C)c1ccc(OCc2cccnc2)cc1. The Hall–Kier alpha value is -2.86. The molecule has 2 N–H and O–H groups in total. The lowest BCUT2D eigenvalue weighted by Gasteiger charge is -2.17. The largest absolute Gasteiger partial charge is 0.489 e. The van der Waals surface area contributed by atoms with E-state index in [2.05, 4.69) is 31.5 Å². The van der Waals surface area contributed by atoms with Crippen molar-refractivity contribution in [3.05, 3.63) is 88.2 Å². The Morgan fingerprint density at radius 1 is 1.14 bits per heavy atom. The van der Waals surface area contributed by atoms with Crippen LogP contribution >= 0.6 is 15.9 Å². The van der Waals surface area contributed by atoms with Gasteiger partial charge < -0.3 is 15.4 Å². The van der Waals surface area contributed by atoms with Gasteiger partial charge in [-0.3, -0.25) is 4.98 Å². The Labute approximate surface area is 173 Å². The number of rotatable bonds is 6. The van der Waals surface area contributed by atoms with Gasteiger partial charge in [-0.2, -0.15) is 0 Å². The Morgan fingerprint density at radius 3 is 2.64 bits per heavy atom. The van der Waals surface area contributed by atoms with Gasteiger partial charge in [-0.1, -0.05) is 40.2 Å². The minimum Gasteiger partial charge on any atom is -0.489 e. The van der Waals surface area contributed by atoms with Gasteiger partial charge >= 0.3 is 6.03 Å². The van der Waals surface area contributed by atoms with Crippen molar-refractivity contribution in [1.82, 2.24) is 10.3 Å². The predicted octanol–water partition coefficient (Wildman–Crippen LogP) is 5.61. The van der Waals surface area contributed by atoms with Gasteiger partial charge in [0.1, 0.15) is 12.4 Å². The van der Waals surface area contributed by atoms with Crippen LogP contribution in [0.4, 0.5) is 10.5 Å². The molecule has 1 heterocycles. The molecule has 0 aliphatic rings. The number of nitrogens with zero attached hydrogens (tertiary/aromatic N) is 1. The number of nitrogens with one attached hydrogen (secondary N) is 2. The third-order valence-electron chi connectivity index (χ3n) is 4.37. The highest BCUT2D eigenvalue weighted by molar-refractivity contribution is 9.10. The third kappa shape index (κ3) is 5.33. The first-order chi connectivity index (χ1) is 13.5. The number of halogens is 1.